The second kappa shape index (κ2) is 6.11. The summed E-state index contributed by atoms with van der Waals surface area (Å²) in [6, 6.07) is 6.40. The van der Waals surface area contributed by atoms with E-state index >= 15 is 0 Å². The van der Waals surface area contributed by atoms with Crippen LogP contribution in [0.5, 0.6) is 5.75 Å². The van der Waals surface area contributed by atoms with Gasteiger partial charge in [0.2, 0.25) is 10.0 Å². The quantitative estimate of drug-likeness (QED) is 0.916. The number of nitrogens with two attached hydrogens (primary N) is 1. The van der Waals surface area contributed by atoms with Crippen molar-refractivity contribution in [3.63, 3.8) is 0 Å². The highest BCUT2D eigenvalue weighted by molar-refractivity contribution is 7.89. The molecule has 0 amide bonds. The normalized spacial score (nSPS) is 22.4. The fourth-order valence-corrected chi connectivity index (χ4v) is 4.64. The molecule has 112 valence electrons. The van der Waals surface area contributed by atoms with Crippen LogP contribution in [0.3, 0.4) is 0 Å². The molecule has 1 aromatic carbocycles. The Morgan fingerprint density at radius 1 is 1.35 bits per heavy atom. The Bertz CT molecular complexity index is 557. The van der Waals surface area contributed by atoms with Crippen LogP contribution in [0, 0.1) is 0 Å². The van der Waals surface area contributed by atoms with Gasteiger partial charge in [-0.25, -0.2) is 8.42 Å². The lowest BCUT2D eigenvalue weighted by Gasteiger charge is -2.37. The van der Waals surface area contributed by atoms with Gasteiger partial charge in [-0.15, -0.1) is 0 Å². The van der Waals surface area contributed by atoms with Crippen molar-refractivity contribution in [2.45, 2.75) is 43.2 Å². The molecule has 1 aliphatic rings. The van der Waals surface area contributed by atoms with Gasteiger partial charge in [0.15, 0.2) is 0 Å². The number of ether oxygens (including phenoxy) is 1. The third-order valence-electron chi connectivity index (χ3n) is 3.76. The van der Waals surface area contributed by atoms with Crippen molar-refractivity contribution in [1.29, 1.82) is 0 Å². The van der Waals surface area contributed by atoms with E-state index < -0.39 is 10.0 Å². The molecule has 1 fully saturated rings. The summed E-state index contributed by atoms with van der Waals surface area (Å²) in [6.45, 7) is 2.38. The zero-order valence-electron chi connectivity index (χ0n) is 12.0. The van der Waals surface area contributed by atoms with Crippen molar-refractivity contribution in [2.24, 2.45) is 5.73 Å². The first-order valence-electron chi connectivity index (χ1n) is 6.89. The monoisotopic (exact) mass is 298 g/mol. The minimum atomic E-state index is -3.57. The molecule has 1 aromatic rings. The number of para-hydroxylation sites is 1. The first-order valence-corrected chi connectivity index (χ1v) is 8.33. The van der Waals surface area contributed by atoms with E-state index in [-0.39, 0.29) is 17.0 Å². The van der Waals surface area contributed by atoms with E-state index in [0.29, 0.717) is 12.3 Å². The smallest absolute Gasteiger partial charge is 0.247 e. The Hall–Kier alpha value is -1.11. The number of piperidine rings is 1. The Morgan fingerprint density at radius 3 is 2.70 bits per heavy atom. The van der Waals surface area contributed by atoms with Gasteiger partial charge in [0.05, 0.1) is 7.11 Å². The molecule has 6 heteroatoms. The molecule has 2 atom stereocenters. The fraction of sp³-hybridized carbons (Fsp3) is 0.571. The van der Waals surface area contributed by atoms with Crippen molar-refractivity contribution in [2.75, 3.05) is 13.7 Å². The van der Waals surface area contributed by atoms with Gasteiger partial charge >= 0.3 is 0 Å². The molecule has 20 heavy (non-hydrogen) atoms. The number of sulfonamides is 1. The number of methoxy groups -OCH3 is 1. The van der Waals surface area contributed by atoms with Gasteiger partial charge in [0.25, 0.3) is 0 Å². The Labute approximate surface area is 120 Å². The predicted molar refractivity (Wildman–Crippen MR) is 78.2 cm³/mol. The SMILES string of the molecule is COc1ccccc1S(=O)(=O)N1CCCC[C@H]1[C@@H](C)N. The van der Waals surface area contributed by atoms with Crippen LogP contribution in [-0.2, 0) is 10.0 Å². The Balaban J connectivity index is 2.42. The lowest BCUT2D eigenvalue weighted by Crippen LogP contribution is -2.51. The van der Waals surface area contributed by atoms with E-state index in [4.69, 9.17) is 10.5 Å². The molecule has 0 unspecified atom stereocenters. The van der Waals surface area contributed by atoms with Gasteiger partial charge in [-0.2, -0.15) is 4.31 Å². The largest absolute Gasteiger partial charge is 0.495 e. The van der Waals surface area contributed by atoms with Crippen LogP contribution in [0.15, 0.2) is 29.2 Å². The fourth-order valence-electron chi connectivity index (χ4n) is 2.71. The van der Waals surface area contributed by atoms with Crippen LogP contribution >= 0.6 is 0 Å². The molecule has 1 saturated heterocycles. The van der Waals surface area contributed by atoms with E-state index in [1.54, 1.807) is 28.6 Å². The van der Waals surface area contributed by atoms with E-state index in [1.807, 2.05) is 6.92 Å². The van der Waals surface area contributed by atoms with Gasteiger partial charge < -0.3 is 10.5 Å². The molecule has 5 nitrogen and oxygen atoms in total. The van der Waals surface area contributed by atoms with Gasteiger partial charge in [0, 0.05) is 18.6 Å². The first kappa shape index (κ1) is 15.3. The second-order valence-electron chi connectivity index (χ2n) is 5.19. The lowest BCUT2D eigenvalue weighted by atomic mass is 10.00. The summed E-state index contributed by atoms with van der Waals surface area (Å²) in [4.78, 5) is 0.218. The molecule has 2 N–H and O–H groups in total. The minimum Gasteiger partial charge on any atom is -0.495 e. The van der Waals surface area contributed by atoms with Crippen LogP contribution in [0.4, 0.5) is 0 Å². The van der Waals surface area contributed by atoms with Crippen molar-refractivity contribution in [1.82, 2.24) is 4.31 Å². The van der Waals surface area contributed by atoms with E-state index in [1.165, 1.54) is 7.11 Å². The summed E-state index contributed by atoms with van der Waals surface area (Å²) < 4.78 is 32.5. The zero-order chi connectivity index (χ0) is 14.8. The highest BCUT2D eigenvalue weighted by Crippen LogP contribution is 2.31. The van der Waals surface area contributed by atoms with Gasteiger partial charge in [-0.3, -0.25) is 0 Å². The molecule has 0 bridgehead atoms. The van der Waals surface area contributed by atoms with Crippen LogP contribution in [-0.4, -0.2) is 38.5 Å². The standard InChI is InChI=1S/C14H22N2O3S/c1-11(15)12-7-5-6-10-16(12)20(17,18)14-9-4-3-8-13(14)19-2/h3-4,8-9,11-12H,5-7,10,15H2,1-2H3/t11-,12+/m1/s1. The van der Waals surface area contributed by atoms with E-state index in [9.17, 15) is 8.42 Å². The maximum absolute atomic E-state index is 12.9. The number of hydrogen-bond donors (Lipinski definition) is 1. The van der Waals surface area contributed by atoms with Crippen LogP contribution in [0.2, 0.25) is 0 Å². The molecule has 0 spiro atoms. The number of hydrogen-bond acceptors (Lipinski definition) is 4. The molecular weight excluding hydrogens is 276 g/mol. The molecule has 1 aliphatic heterocycles. The molecular formula is C14H22N2O3S. The molecule has 0 radical (unpaired) electrons. The Kier molecular flexibility index (Phi) is 4.67. The number of benzene rings is 1. The highest BCUT2D eigenvalue weighted by atomic mass is 32.2. The minimum absolute atomic E-state index is 0.140. The molecule has 1 heterocycles. The molecule has 0 aliphatic carbocycles. The van der Waals surface area contributed by atoms with Gasteiger partial charge in [-0.05, 0) is 31.9 Å². The van der Waals surface area contributed by atoms with Crippen molar-refractivity contribution in [3.8, 4) is 5.75 Å². The average Bonchev–Trinajstić information content (AvgIpc) is 2.47. The van der Waals surface area contributed by atoms with Crippen molar-refractivity contribution < 1.29 is 13.2 Å². The molecule has 0 aromatic heterocycles. The first-order chi connectivity index (χ1) is 9.48. The van der Waals surface area contributed by atoms with Crippen LogP contribution in [0.1, 0.15) is 26.2 Å². The Morgan fingerprint density at radius 2 is 2.05 bits per heavy atom. The van der Waals surface area contributed by atoms with Crippen LogP contribution in [0.25, 0.3) is 0 Å². The maximum atomic E-state index is 12.9. The van der Waals surface area contributed by atoms with Crippen molar-refractivity contribution in [3.05, 3.63) is 24.3 Å². The van der Waals surface area contributed by atoms with E-state index in [2.05, 4.69) is 0 Å². The lowest BCUT2D eigenvalue weighted by molar-refractivity contribution is 0.226. The molecule has 0 saturated carbocycles. The van der Waals surface area contributed by atoms with Crippen molar-refractivity contribution >= 4 is 10.0 Å². The summed E-state index contributed by atoms with van der Waals surface area (Å²) in [5.74, 6) is 0.376. The molecule has 2 rings (SSSR count). The zero-order valence-corrected chi connectivity index (χ0v) is 12.8. The number of rotatable bonds is 4. The summed E-state index contributed by atoms with van der Waals surface area (Å²) >= 11 is 0. The third kappa shape index (κ3) is 2.82. The van der Waals surface area contributed by atoms with Crippen LogP contribution < -0.4 is 10.5 Å². The topological polar surface area (TPSA) is 72.6 Å². The van der Waals surface area contributed by atoms with Gasteiger partial charge in [0.1, 0.15) is 10.6 Å². The van der Waals surface area contributed by atoms with Gasteiger partial charge in [-0.1, -0.05) is 18.6 Å². The van der Waals surface area contributed by atoms with E-state index in [0.717, 1.165) is 19.3 Å². The number of nitrogens with zero attached hydrogens (tertiary/aromatic N) is 1. The highest BCUT2D eigenvalue weighted by Gasteiger charge is 2.36. The maximum Gasteiger partial charge on any atom is 0.247 e. The second-order valence-corrected chi connectivity index (χ2v) is 7.05. The average molecular weight is 298 g/mol. The summed E-state index contributed by atoms with van der Waals surface area (Å²) in [5.41, 5.74) is 5.97. The summed E-state index contributed by atoms with van der Waals surface area (Å²) in [7, 11) is -2.09. The summed E-state index contributed by atoms with van der Waals surface area (Å²) in [5, 5.41) is 0. The third-order valence-corrected chi connectivity index (χ3v) is 5.72. The summed E-state index contributed by atoms with van der Waals surface area (Å²) in [6.07, 6.45) is 2.70. The predicted octanol–water partition coefficient (Wildman–Crippen LogP) is 1.59.